The van der Waals surface area contributed by atoms with Gasteiger partial charge in [0.1, 0.15) is 12.4 Å². The van der Waals surface area contributed by atoms with Crippen molar-refractivity contribution in [1.29, 1.82) is 0 Å². The fourth-order valence-electron chi connectivity index (χ4n) is 2.63. The van der Waals surface area contributed by atoms with Crippen molar-refractivity contribution in [2.75, 3.05) is 13.2 Å². The average molecular weight is 435 g/mol. The summed E-state index contributed by atoms with van der Waals surface area (Å²) in [7, 11) is -2.12. The second kappa shape index (κ2) is 10.1. The largest absolute Gasteiger partial charge is 0.491 e. The molecule has 1 rings (SSSR count). The van der Waals surface area contributed by atoms with Crippen LogP contribution >= 0.6 is 0 Å². The Morgan fingerprint density at radius 1 is 1.14 bits per heavy atom. The molecule has 0 heterocycles. The van der Waals surface area contributed by atoms with Crippen molar-refractivity contribution in [3.05, 3.63) is 29.8 Å². The van der Waals surface area contributed by atoms with Crippen molar-refractivity contribution < 1.29 is 31.9 Å². The summed E-state index contributed by atoms with van der Waals surface area (Å²) in [5.41, 5.74) is 5.87. The number of rotatable bonds is 10. The molecule has 0 saturated carbocycles. The number of carbonyl (C=O) groups is 2. The van der Waals surface area contributed by atoms with E-state index in [-0.39, 0.29) is 19.6 Å². The van der Waals surface area contributed by atoms with Gasteiger partial charge in [-0.1, -0.05) is 12.1 Å². The highest BCUT2D eigenvalue weighted by Crippen LogP contribution is 2.22. The molecule has 0 bridgehead atoms. The molecule has 1 atom stereocenters. The van der Waals surface area contributed by atoms with Crippen LogP contribution in [-0.4, -0.2) is 56.5 Å². The van der Waals surface area contributed by atoms with Crippen LogP contribution in [0.4, 0.5) is 13.2 Å². The highest BCUT2D eigenvalue weighted by atomic mass is 28.4. The fraction of sp³-hybridized carbons (Fsp3) is 0.579. The molecule has 0 aliphatic rings. The van der Waals surface area contributed by atoms with E-state index in [1.807, 2.05) is 19.6 Å². The van der Waals surface area contributed by atoms with Crippen molar-refractivity contribution in [3.63, 3.8) is 0 Å². The van der Waals surface area contributed by atoms with E-state index in [1.54, 1.807) is 24.3 Å². The van der Waals surface area contributed by atoms with Crippen LogP contribution in [0.25, 0.3) is 0 Å². The summed E-state index contributed by atoms with van der Waals surface area (Å²) in [6.45, 7) is 8.51. The maximum atomic E-state index is 12.9. The van der Waals surface area contributed by atoms with E-state index in [0.717, 1.165) is 10.5 Å². The van der Waals surface area contributed by atoms with E-state index in [0.29, 0.717) is 5.75 Å². The van der Waals surface area contributed by atoms with Gasteiger partial charge in [-0.2, -0.15) is 13.2 Å². The molecule has 2 amide bonds. The smallest absolute Gasteiger partial charge is 0.471 e. The van der Waals surface area contributed by atoms with Crippen molar-refractivity contribution in [3.8, 4) is 5.75 Å². The molecule has 2 N–H and O–H groups in total. The summed E-state index contributed by atoms with van der Waals surface area (Å²) in [6.07, 6.45) is -5.57. The minimum Gasteiger partial charge on any atom is -0.491 e. The Kier molecular flexibility index (Phi) is 8.70. The molecule has 0 aromatic heterocycles. The van der Waals surface area contributed by atoms with Gasteiger partial charge in [0, 0.05) is 12.6 Å². The Labute approximate surface area is 170 Å². The lowest BCUT2D eigenvalue weighted by molar-refractivity contribution is -0.188. The second-order valence-corrected chi connectivity index (χ2v) is 12.5. The summed E-state index contributed by atoms with van der Waals surface area (Å²) in [5, 5.41) is 0. The number of halogens is 3. The first-order valence-electron chi connectivity index (χ1n) is 9.24. The van der Waals surface area contributed by atoms with Crippen molar-refractivity contribution >= 4 is 20.1 Å². The lowest BCUT2D eigenvalue weighted by Gasteiger charge is -2.34. The van der Waals surface area contributed by atoms with Crippen LogP contribution in [0.1, 0.15) is 19.4 Å². The highest BCUT2D eigenvalue weighted by molar-refractivity contribution is 6.69. The third-order valence-electron chi connectivity index (χ3n) is 3.78. The zero-order valence-corrected chi connectivity index (χ0v) is 18.4. The predicted octanol–water partition coefficient (Wildman–Crippen LogP) is 3.11. The van der Waals surface area contributed by atoms with Crippen LogP contribution in [-0.2, 0) is 20.4 Å². The normalized spacial score (nSPS) is 13.3. The van der Waals surface area contributed by atoms with Crippen LogP contribution < -0.4 is 10.5 Å². The van der Waals surface area contributed by atoms with Gasteiger partial charge in [-0.3, -0.25) is 9.59 Å². The van der Waals surface area contributed by atoms with Crippen LogP contribution in [0.3, 0.4) is 0 Å². The van der Waals surface area contributed by atoms with E-state index in [2.05, 4.69) is 0 Å². The van der Waals surface area contributed by atoms with Gasteiger partial charge in [0.15, 0.2) is 8.32 Å². The number of carbonyl (C=O) groups excluding carboxylic acids is 2. The lowest BCUT2D eigenvalue weighted by atomic mass is 10.1. The summed E-state index contributed by atoms with van der Waals surface area (Å²) in [4.78, 5) is 23.5. The summed E-state index contributed by atoms with van der Waals surface area (Å²) < 4.78 is 50.5. The zero-order chi connectivity index (χ0) is 22.4. The number of nitrogens with two attached hydrogens (primary N) is 1. The number of benzene rings is 1. The van der Waals surface area contributed by atoms with Gasteiger partial charge in [0.25, 0.3) is 0 Å². The molecule has 10 heteroatoms. The van der Waals surface area contributed by atoms with Crippen LogP contribution in [0, 0.1) is 0 Å². The second-order valence-electron chi connectivity index (χ2n) is 8.00. The first-order valence-corrected chi connectivity index (χ1v) is 12.7. The number of hydrogen-bond donors (Lipinski definition) is 1. The summed E-state index contributed by atoms with van der Waals surface area (Å²) in [5.74, 6) is -1.88. The molecule has 0 radical (unpaired) electrons. The fourth-order valence-corrected chi connectivity index (χ4v) is 3.77. The first-order chi connectivity index (χ1) is 13.2. The van der Waals surface area contributed by atoms with Gasteiger partial charge in [-0.25, -0.2) is 0 Å². The Bertz CT molecular complexity index is 688. The maximum absolute atomic E-state index is 12.9. The SMILES string of the molecule is CC(C)N(CC(COc1ccc(CC(N)=O)cc1)O[Si](C)(C)C)C(=O)C(F)(F)F. The molecular formula is C19H29F3N2O4Si. The van der Waals surface area contributed by atoms with Gasteiger partial charge in [0.05, 0.1) is 12.5 Å². The first kappa shape index (κ1) is 25.0. The van der Waals surface area contributed by atoms with E-state index in [1.165, 1.54) is 13.8 Å². The van der Waals surface area contributed by atoms with E-state index >= 15 is 0 Å². The van der Waals surface area contributed by atoms with Crippen molar-refractivity contribution in [1.82, 2.24) is 4.90 Å². The van der Waals surface area contributed by atoms with Crippen LogP contribution in [0.5, 0.6) is 5.75 Å². The number of primary amides is 1. The zero-order valence-electron chi connectivity index (χ0n) is 17.4. The number of nitrogens with zero attached hydrogens (tertiary/aromatic N) is 1. The van der Waals surface area contributed by atoms with Gasteiger partial charge < -0.3 is 19.8 Å². The number of amides is 2. The van der Waals surface area contributed by atoms with Crippen LogP contribution in [0.15, 0.2) is 24.3 Å². The monoisotopic (exact) mass is 434 g/mol. The quantitative estimate of drug-likeness (QED) is 0.574. The van der Waals surface area contributed by atoms with E-state index < -0.39 is 38.5 Å². The molecule has 1 unspecified atom stereocenters. The molecule has 164 valence electrons. The van der Waals surface area contributed by atoms with Crippen molar-refractivity contribution in [2.24, 2.45) is 5.73 Å². The maximum Gasteiger partial charge on any atom is 0.471 e. The average Bonchev–Trinajstić information content (AvgIpc) is 2.55. The minimum atomic E-state index is -4.95. The number of ether oxygens (including phenoxy) is 1. The molecular weight excluding hydrogens is 405 g/mol. The molecule has 0 saturated heterocycles. The lowest BCUT2D eigenvalue weighted by Crippen LogP contribution is -2.51. The molecule has 0 fully saturated rings. The molecule has 0 aliphatic carbocycles. The minimum absolute atomic E-state index is 0.0200. The summed E-state index contributed by atoms with van der Waals surface area (Å²) in [6, 6.07) is 6.00. The Morgan fingerprint density at radius 3 is 2.10 bits per heavy atom. The van der Waals surface area contributed by atoms with Gasteiger partial charge in [-0.15, -0.1) is 0 Å². The Balaban J connectivity index is 2.89. The van der Waals surface area contributed by atoms with E-state index in [9.17, 15) is 22.8 Å². The molecule has 1 aromatic rings. The highest BCUT2D eigenvalue weighted by Gasteiger charge is 2.44. The topological polar surface area (TPSA) is 81.9 Å². The van der Waals surface area contributed by atoms with Gasteiger partial charge >= 0.3 is 12.1 Å². The van der Waals surface area contributed by atoms with Gasteiger partial charge in [0.2, 0.25) is 5.91 Å². The predicted molar refractivity (Wildman–Crippen MR) is 106 cm³/mol. The third-order valence-corrected chi connectivity index (χ3v) is 4.83. The molecule has 0 spiro atoms. The third kappa shape index (κ3) is 9.31. The Morgan fingerprint density at radius 2 is 1.69 bits per heavy atom. The summed E-state index contributed by atoms with van der Waals surface area (Å²) >= 11 is 0. The molecule has 0 aliphatic heterocycles. The standard InChI is InChI=1S/C19H29F3N2O4Si/c1-13(2)24(18(26)19(20,21)22)11-16(28-29(3,4)5)12-27-15-8-6-14(7-9-15)10-17(23)25/h6-9,13,16H,10-12H2,1-5H3,(H2,23,25). The molecule has 29 heavy (non-hydrogen) atoms. The Hall–Kier alpha value is -2.07. The number of hydrogen-bond acceptors (Lipinski definition) is 4. The van der Waals surface area contributed by atoms with Gasteiger partial charge in [-0.05, 0) is 51.2 Å². The molecule has 1 aromatic carbocycles. The molecule has 6 nitrogen and oxygen atoms in total. The van der Waals surface area contributed by atoms with E-state index in [4.69, 9.17) is 14.9 Å². The number of alkyl halides is 3. The van der Waals surface area contributed by atoms with Crippen LogP contribution in [0.2, 0.25) is 19.6 Å². The van der Waals surface area contributed by atoms with Crippen molar-refractivity contribution in [2.45, 2.75) is 58.2 Å².